The number of carbonyl (C=O) groups excluding carboxylic acids is 1. The minimum Gasteiger partial charge on any atom is -0.467 e. The minimum atomic E-state index is -1.63. The summed E-state index contributed by atoms with van der Waals surface area (Å²) in [6.07, 6.45) is 1.52. The number of halogens is 3. The van der Waals surface area contributed by atoms with Crippen molar-refractivity contribution in [2.75, 3.05) is 11.9 Å². The lowest BCUT2D eigenvalue weighted by atomic mass is 10.0. The van der Waals surface area contributed by atoms with Crippen molar-refractivity contribution >= 4 is 11.6 Å². The number of nitrogens with one attached hydrogen (secondary N) is 2. The van der Waals surface area contributed by atoms with Gasteiger partial charge in [-0.25, -0.2) is 13.2 Å². The Kier molecular flexibility index (Phi) is 5.38. The van der Waals surface area contributed by atoms with E-state index in [1.165, 1.54) is 6.26 Å². The lowest BCUT2D eigenvalue weighted by Gasteiger charge is -2.17. The number of anilines is 1. The average molecular weight is 360 g/mol. The second-order valence-electron chi connectivity index (χ2n) is 5.51. The standard InChI is InChI=1S/C19H15F3N2O2/c20-13-8-9-14(18(22)17(13)21)24-16(25)11-23-19(15-7-4-10-26-15)12-5-2-1-3-6-12/h1-10,19,23H,11H2,(H,24,25)/t19-/m0/s1. The van der Waals surface area contributed by atoms with Crippen LogP contribution in [0.4, 0.5) is 18.9 Å². The highest BCUT2D eigenvalue weighted by atomic mass is 19.2. The van der Waals surface area contributed by atoms with E-state index in [2.05, 4.69) is 10.6 Å². The second kappa shape index (κ2) is 7.88. The molecule has 0 aliphatic carbocycles. The molecule has 3 rings (SSSR count). The molecule has 0 saturated carbocycles. The Bertz CT molecular complexity index is 883. The van der Waals surface area contributed by atoms with Crippen molar-refractivity contribution in [2.45, 2.75) is 6.04 Å². The molecule has 0 saturated heterocycles. The maximum absolute atomic E-state index is 13.6. The van der Waals surface area contributed by atoms with Gasteiger partial charge in [0.1, 0.15) is 5.76 Å². The van der Waals surface area contributed by atoms with E-state index >= 15 is 0 Å². The van der Waals surface area contributed by atoms with Gasteiger partial charge in [-0.3, -0.25) is 10.1 Å². The summed E-state index contributed by atoms with van der Waals surface area (Å²) in [7, 11) is 0. The lowest BCUT2D eigenvalue weighted by Crippen LogP contribution is -2.32. The molecule has 0 bridgehead atoms. The smallest absolute Gasteiger partial charge is 0.238 e. The molecule has 1 heterocycles. The molecular weight excluding hydrogens is 345 g/mol. The summed E-state index contributed by atoms with van der Waals surface area (Å²) in [6, 6.07) is 14.1. The highest BCUT2D eigenvalue weighted by Crippen LogP contribution is 2.22. The maximum atomic E-state index is 13.6. The zero-order chi connectivity index (χ0) is 18.5. The first-order valence-corrected chi connectivity index (χ1v) is 7.81. The van der Waals surface area contributed by atoms with Crippen LogP contribution in [0.2, 0.25) is 0 Å². The second-order valence-corrected chi connectivity index (χ2v) is 5.51. The van der Waals surface area contributed by atoms with E-state index in [-0.39, 0.29) is 6.54 Å². The van der Waals surface area contributed by atoms with Crippen molar-refractivity contribution in [3.63, 3.8) is 0 Å². The molecule has 0 unspecified atom stereocenters. The van der Waals surface area contributed by atoms with Crippen molar-refractivity contribution in [1.29, 1.82) is 0 Å². The monoisotopic (exact) mass is 360 g/mol. The molecule has 1 aromatic heterocycles. The summed E-state index contributed by atoms with van der Waals surface area (Å²) < 4.78 is 45.2. The summed E-state index contributed by atoms with van der Waals surface area (Å²) in [5.74, 6) is -4.40. The molecule has 1 amide bonds. The van der Waals surface area contributed by atoms with Crippen LogP contribution >= 0.6 is 0 Å². The number of hydrogen-bond acceptors (Lipinski definition) is 3. The Hall–Kier alpha value is -3.06. The third kappa shape index (κ3) is 3.94. The van der Waals surface area contributed by atoms with Crippen molar-refractivity contribution in [3.05, 3.63) is 89.6 Å². The Morgan fingerprint density at radius 3 is 2.42 bits per heavy atom. The van der Waals surface area contributed by atoms with Crippen LogP contribution in [0.25, 0.3) is 0 Å². The van der Waals surface area contributed by atoms with Crippen LogP contribution in [-0.4, -0.2) is 12.5 Å². The lowest BCUT2D eigenvalue weighted by molar-refractivity contribution is -0.115. The Morgan fingerprint density at radius 2 is 1.73 bits per heavy atom. The molecule has 26 heavy (non-hydrogen) atoms. The van der Waals surface area contributed by atoms with Gasteiger partial charge in [0.05, 0.1) is 24.5 Å². The van der Waals surface area contributed by atoms with Crippen molar-refractivity contribution in [2.24, 2.45) is 0 Å². The number of furan rings is 1. The highest BCUT2D eigenvalue weighted by molar-refractivity contribution is 5.92. The molecule has 134 valence electrons. The van der Waals surface area contributed by atoms with Crippen LogP contribution in [0.15, 0.2) is 65.3 Å². The van der Waals surface area contributed by atoms with Crippen LogP contribution in [0.5, 0.6) is 0 Å². The summed E-state index contributed by atoms with van der Waals surface area (Å²) in [5, 5.41) is 5.22. The van der Waals surface area contributed by atoms with Crippen LogP contribution < -0.4 is 10.6 Å². The summed E-state index contributed by atoms with van der Waals surface area (Å²) in [5.41, 5.74) is 0.444. The van der Waals surface area contributed by atoms with Gasteiger partial charge in [-0.2, -0.15) is 0 Å². The van der Waals surface area contributed by atoms with E-state index < -0.39 is 35.1 Å². The summed E-state index contributed by atoms with van der Waals surface area (Å²) >= 11 is 0. The van der Waals surface area contributed by atoms with Gasteiger partial charge >= 0.3 is 0 Å². The molecule has 0 radical (unpaired) electrons. The molecule has 2 aromatic carbocycles. The number of hydrogen-bond donors (Lipinski definition) is 2. The molecule has 0 aliphatic heterocycles. The molecule has 0 spiro atoms. The zero-order valence-electron chi connectivity index (χ0n) is 13.5. The van der Waals surface area contributed by atoms with Crippen molar-refractivity contribution in [3.8, 4) is 0 Å². The van der Waals surface area contributed by atoms with E-state index in [0.29, 0.717) is 5.76 Å². The van der Waals surface area contributed by atoms with Crippen LogP contribution in [0, 0.1) is 17.5 Å². The maximum Gasteiger partial charge on any atom is 0.238 e. The topological polar surface area (TPSA) is 54.3 Å². The molecule has 0 fully saturated rings. The molecule has 1 atom stereocenters. The normalized spacial score (nSPS) is 12.0. The highest BCUT2D eigenvalue weighted by Gasteiger charge is 2.19. The fourth-order valence-electron chi connectivity index (χ4n) is 2.50. The third-order valence-corrected chi connectivity index (χ3v) is 3.74. The van der Waals surface area contributed by atoms with E-state index in [4.69, 9.17) is 4.42 Å². The largest absolute Gasteiger partial charge is 0.467 e. The predicted molar refractivity (Wildman–Crippen MR) is 89.9 cm³/mol. The van der Waals surface area contributed by atoms with Crippen molar-refractivity contribution < 1.29 is 22.4 Å². The average Bonchev–Trinajstić information content (AvgIpc) is 3.18. The fourth-order valence-corrected chi connectivity index (χ4v) is 2.50. The number of carbonyl (C=O) groups is 1. The number of benzene rings is 2. The predicted octanol–water partition coefficient (Wildman–Crippen LogP) is 4.01. The van der Waals surface area contributed by atoms with Gasteiger partial charge in [0.25, 0.3) is 0 Å². The first-order valence-electron chi connectivity index (χ1n) is 7.81. The quantitative estimate of drug-likeness (QED) is 0.653. The van der Waals surface area contributed by atoms with Crippen molar-refractivity contribution in [1.82, 2.24) is 5.32 Å². The first kappa shape index (κ1) is 17.8. The van der Waals surface area contributed by atoms with E-state index in [0.717, 1.165) is 17.7 Å². The van der Waals surface area contributed by atoms with Crippen LogP contribution in [0.3, 0.4) is 0 Å². The van der Waals surface area contributed by atoms with Gasteiger partial charge in [-0.05, 0) is 29.8 Å². The zero-order valence-corrected chi connectivity index (χ0v) is 13.5. The molecule has 7 heteroatoms. The molecule has 2 N–H and O–H groups in total. The van der Waals surface area contributed by atoms with Gasteiger partial charge in [-0.15, -0.1) is 0 Å². The summed E-state index contributed by atoms with van der Waals surface area (Å²) in [6.45, 7) is -0.196. The Labute approximate surface area is 147 Å². The minimum absolute atomic E-state index is 0.196. The van der Waals surface area contributed by atoms with Gasteiger partial charge in [0.2, 0.25) is 5.91 Å². The molecule has 0 aliphatic rings. The fraction of sp³-hybridized carbons (Fsp3) is 0.105. The van der Waals surface area contributed by atoms with Gasteiger partial charge in [-0.1, -0.05) is 30.3 Å². The SMILES string of the molecule is O=C(CN[C@@H](c1ccccc1)c1ccco1)Nc1ccc(F)c(F)c1F. The Morgan fingerprint density at radius 1 is 0.962 bits per heavy atom. The number of amides is 1. The molecule has 3 aromatic rings. The third-order valence-electron chi connectivity index (χ3n) is 3.74. The van der Waals surface area contributed by atoms with Gasteiger partial charge < -0.3 is 9.73 Å². The molecular formula is C19H15F3N2O2. The Balaban J connectivity index is 1.70. The van der Waals surface area contributed by atoms with E-state index in [9.17, 15) is 18.0 Å². The van der Waals surface area contributed by atoms with Crippen LogP contribution in [-0.2, 0) is 4.79 Å². The van der Waals surface area contributed by atoms with E-state index in [1.807, 2.05) is 30.3 Å². The first-order chi connectivity index (χ1) is 12.6. The molecule has 4 nitrogen and oxygen atoms in total. The van der Waals surface area contributed by atoms with Crippen LogP contribution in [0.1, 0.15) is 17.4 Å². The van der Waals surface area contributed by atoms with Gasteiger partial charge in [0.15, 0.2) is 17.5 Å². The summed E-state index contributed by atoms with van der Waals surface area (Å²) in [4.78, 5) is 12.1. The number of rotatable bonds is 6. The van der Waals surface area contributed by atoms with E-state index in [1.54, 1.807) is 12.1 Å². The van der Waals surface area contributed by atoms with Gasteiger partial charge in [0, 0.05) is 0 Å².